The molecule has 0 atom stereocenters. The molecule has 2 aliphatic rings. The minimum atomic E-state index is -0.487. The summed E-state index contributed by atoms with van der Waals surface area (Å²) in [5.41, 5.74) is 2.28. The highest BCUT2D eigenvalue weighted by molar-refractivity contribution is 6.07. The number of fused-ring (bicyclic) bond motifs is 1. The molecule has 1 aromatic carbocycles. The number of nitrogens with one attached hydrogen (secondary N) is 2. The first-order valence-electron chi connectivity index (χ1n) is 9.08. The highest BCUT2D eigenvalue weighted by atomic mass is 16.2. The van der Waals surface area contributed by atoms with Crippen molar-refractivity contribution in [3.8, 4) is 0 Å². The molecule has 1 amide bonds. The average Bonchev–Trinajstić information content (AvgIpc) is 3.16. The lowest BCUT2D eigenvalue weighted by Crippen LogP contribution is -2.28. The third kappa shape index (κ3) is 3.03. The molecule has 1 fully saturated rings. The van der Waals surface area contributed by atoms with Gasteiger partial charge in [0.15, 0.2) is 5.78 Å². The maximum absolute atomic E-state index is 12.7. The average molecular weight is 351 g/mol. The summed E-state index contributed by atoms with van der Waals surface area (Å²) in [7, 11) is 0. The lowest BCUT2D eigenvalue weighted by Gasteiger charge is -2.21. The Kier molecular flexibility index (Phi) is 4.32. The Balaban J connectivity index is 1.65. The summed E-state index contributed by atoms with van der Waals surface area (Å²) >= 11 is 0. The van der Waals surface area contributed by atoms with Gasteiger partial charge in [-0.3, -0.25) is 14.4 Å². The summed E-state index contributed by atoms with van der Waals surface area (Å²) in [4.78, 5) is 42.1. The van der Waals surface area contributed by atoms with Crippen LogP contribution in [-0.2, 0) is 6.42 Å². The van der Waals surface area contributed by atoms with E-state index in [1.807, 2.05) is 24.3 Å². The Morgan fingerprint density at radius 3 is 2.62 bits per heavy atom. The third-order valence-electron chi connectivity index (χ3n) is 5.10. The number of carbonyl (C=O) groups excluding carboxylic acids is 2. The molecule has 2 N–H and O–H groups in total. The van der Waals surface area contributed by atoms with E-state index in [0.717, 1.165) is 38.0 Å². The number of ketones is 1. The largest absolute Gasteiger partial charge is 0.370 e. The number of H-pyrrole nitrogens is 1. The van der Waals surface area contributed by atoms with Gasteiger partial charge < -0.3 is 15.2 Å². The second-order valence-corrected chi connectivity index (χ2v) is 6.85. The molecule has 1 saturated heterocycles. The number of anilines is 2. The lowest BCUT2D eigenvalue weighted by atomic mass is 9.93. The van der Waals surface area contributed by atoms with Crippen LogP contribution in [0.25, 0.3) is 0 Å². The van der Waals surface area contributed by atoms with Crippen molar-refractivity contribution in [3.63, 3.8) is 0 Å². The van der Waals surface area contributed by atoms with Crippen molar-refractivity contribution in [1.82, 2.24) is 4.98 Å². The quantitative estimate of drug-likeness (QED) is 0.891. The van der Waals surface area contributed by atoms with E-state index >= 15 is 0 Å². The zero-order valence-electron chi connectivity index (χ0n) is 14.5. The Hall–Kier alpha value is -2.89. The smallest absolute Gasteiger partial charge is 0.261 e. The summed E-state index contributed by atoms with van der Waals surface area (Å²) in [5, 5.41) is 2.85. The number of benzene rings is 1. The molecule has 6 nitrogen and oxygen atoms in total. The van der Waals surface area contributed by atoms with Gasteiger partial charge in [-0.1, -0.05) is 12.1 Å². The van der Waals surface area contributed by atoms with Crippen molar-refractivity contribution >= 4 is 23.1 Å². The Morgan fingerprint density at radius 1 is 1.04 bits per heavy atom. The Labute approximate surface area is 151 Å². The van der Waals surface area contributed by atoms with Crippen molar-refractivity contribution < 1.29 is 9.59 Å². The summed E-state index contributed by atoms with van der Waals surface area (Å²) in [6, 6.07) is 9.05. The molecule has 26 heavy (non-hydrogen) atoms. The number of aromatic amines is 1. The minimum absolute atomic E-state index is 0.0183. The van der Waals surface area contributed by atoms with Gasteiger partial charge in [-0.25, -0.2) is 0 Å². The second-order valence-electron chi connectivity index (χ2n) is 6.85. The monoisotopic (exact) mass is 351 g/mol. The lowest BCUT2D eigenvalue weighted by molar-refractivity contribution is 0.0971. The fraction of sp³-hybridized carbons (Fsp3) is 0.350. The first-order chi connectivity index (χ1) is 12.6. The minimum Gasteiger partial charge on any atom is -0.370 e. The molecule has 6 heteroatoms. The van der Waals surface area contributed by atoms with E-state index in [9.17, 15) is 14.4 Å². The van der Waals surface area contributed by atoms with Crippen LogP contribution in [0.5, 0.6) is 0 Å². The van der Waals surface area contributed by atoms with Gasteiger partial charge in [0, 0.05) is 30.8 Å². The standard InChI is InChI=1S/C20H21N3O3/c24-18-9-5-7-15-13(18)12-14(19(25)21-15)20(26)22-16-6-1-2-8-17(16)23-10-3-4-11-23/h1-2,6,8,12H,3-5,7,9-11H2,(H,21,25)(H,22,26). The van der Waals surface area contributed by atoms with Crippen LogP contribution in [0, 0.1) is 0 Å². The molecule has 0 bridgehead atoms. The molecule has 0 unspecified atom stereocenters. The van der Waals surface area contributed by atoms with E-state index in [2.05, 4.69) is 15.2 Å². The van der Waals surface area contributed by atoms with Crippen molar-refractivity contribution in [2.75, 3.05) is 23.3 Å². The number of hydrogen-bond acceptors (Lipinski definition) is 4. The van der Waals surface area contributed by atoms with Crippen molar-refractivity contribution in [3.05, 3.63) is 57.5 Å². The SMILES string of the molecule is O=C1CCCc2[nH]c(=O)c(C(=O)Nc3ccccc3N3CCCC3)cc21. The predicted molar refractivity (Wildman–Crippen MR) is 100 cm³/mol. The van der Waals surface area contributed by atoms with E-state index in [0.29, 0.717) is 29.8 Å². The number of para-hydroxylation sites is 2. The zero-order chi connectivity index (χ0) is 18.1. The van der Waals surface area contributed by atoms with Gasteiger partial charge in [-0.2, -0.15) is 0 Å². The van der Waals surface area contributed by atoms with Crippen LogP contribution < -0.4 is 15.8 Å². The van der Waals surface area contributed by atoms with E-state index in [1.54, 1.807) is 0 Å². The fourth-order valence-electron chi connectivity index (χ4n) is 3.75. The maximum atomic E-state index is 12.7. The van der Waals surface area contributed by atoms with Crippen LogP contribution in [0.2, 0.25) is 0 Å². The molecule has 0 saturated carbocycles. The third-order valence-corrected chi connectivity index (χ3v) is 5.10. The molecular formula is C20H21N3O3. The molecule has 134 valence electrons. The van der Waals surface area contributed by atoms with Crippen LogP contribution in [0.15, 0.2) is 35.1 Å². The number of nitrogens with zero attached hydrogens (tertiary/aromatic N) is 1. The fourth-order valence-corrected chi connectivity index (χ4v) is 3.75. The maximum Gasteiger partial charge on any atom is 0.261 e. The predicted octanol–water partition coefficient (Wildman–Crippen LogP) is 2.75. The summed E-state index contributed by atoms with van der Waals surface area (Å²) < 4.78 is 0. The van der Waals surface area contributed by atoms with Crippen LogP contribution in [0.4, 0.5) is 11.4 Å². The van der Waals surface area contributed by atoms with Gasteiger partial charge in [-0.15, -0.1) is 0 Å². The molecule has 4 rings (SSSR count). The first kappa shape index (κ1) is 16.6. The van der Waals surface area contributed by atoms with E-state index in [1.165, 1.54) is 6.07 Å². The number of pyridine rings is 1. The first-order valence-corrected chi connectivity index (χ1v) is 9.08. The summed E-state index contributed by atoms with van der Waals surface area (Å²) in [6.07, 6.45) is 4.12. The van der Waals surface area contributed by atoms with E-state index < -0.39 is 11.5 Å². The topological polar surface area (TPSA) is 82.3 Å². The van der Waals surface area contributed by atoms with Gasteiger partial charge >= 0.3 is 0 Å². The van der Waals surface area contributed by atoms with E-state index in [-0.39, 0.29) is 11.3 Å². The van der Waals surface area contributed by atoms with Gasteiger partial charge in [0.25, 0.3) is 11.5 Å². The molecule has 1 aromatic heterocycles. The van der Waals surface area contributed by atoms with Gasteiger partial charge in [-0.05, 0) is 43.9 Å². The molecule has 1 aliphatic carbocycles. The van der Waals surface area contributed by atoms with Crippen molar-refractivity contribution in [1.29, 1.82) is 0 Å². The number of hydrogen-bond donors (Lipinski definition) is 2. The van der Waals surface area contributed by atoms with Crippen LogP contribution in [-0.4, -0.2) is 29.8 Å². The van der Waals surface area contributed by atoms with Crippen LogP contribution in [0.3, 0.4) is 0 Å². The number of aryl methyl sites for hydroxylation is 1. The number of rotatable bonds is 3. The normalized spacial score (nSPS) is 16.5. The zero-order valence-corrected chi connectivity index (χ0v) is 14.5. The van der Waals surface area contributed by atoms with Gasteiger partial charge in [0.1, 0.15) is 5.56 Å². The molecule has 0 radical (unpaired) electrons. The molecular weight excluding hydrogens is 330 g/mol. The Morgan fingerprint density at radius 2 is 1.81 bits per heavy atom. The van der Waals surface area contributed by atoms with Crippen LogP contribution >= 0.6 is 0 Å². The Bertz CT molecular complexity index is 926. The number of aromatic nitrogens is 1. The summed E-state index contributed by atoms with van der Waals surface area (Å²) in [6.45, 7) is 1.92. The highest BCUT2D eigenvalue weighted by Crippen LogP contribution is 2.29. The number of carbonyl (C=O) groups is 2. The van der Waals surface area contributed by atoms with E-state index in [4.69, 9.17) is 0 Å². The van der Waals surface area contributed by atoms with Gasteiger partial charge in [0.05, 0.1) is 11.4 Å². The van der Waals surface area contributed by atoms with Crippen LogP contribution in [0.1, 0.15) is 52.1 Å². The van der Waals surface area contributed by atoms with Crippen molar-refractivity contribution in [2.24, 2.45) is 0 Å². The number of amides is 1. The molecule has 2 aromatic rings. The molecule has 0 spiro atoms. The molecule has 1 aliphatic heterocycles. The summed E-state index contributed by atoms with van der Waals surface area (Å²) in [5.74, 6) is -0.506. The number of Topliss-reactive ketones (excluding diaryl/α,β-unsaturated/α-hetero) is 1. The van der Waals surface area contributed by atoms with Gasteiger partial charge in [0.2, 0.25) is 0 Å². The highest BCUT2D eigenvalue weighted by Gasteiger charge is 2.23. The van der Waals surface area contributed by atoms with Crippen molar-refractivity contribution in [2.45, 2.75) is 32.1 Å². The molecule has 2 heterocycles. The second kappa shape index (κ2) is 6.78.